The Balaban J connectivity index is 1.87. The summed E-state index contributed by atoms with van der Waals surface area (Å²) in [6.45, 7) is 2.04. The van der Waals surface area contributed by atoms with E-state index >= 15 is 0 Å². The maximum atomic E-state index is 10.1. The number of hydrogen-bond acceptors (Lipinski definition) is 5. The van der Waals surface area contributed by atoms with Crippen molar-refractivity contribution in [3.8, 4) is 5.75 Å². The maximum Gasteiger partial charge on any atom is 0.121 e. The van der Waals surface area contributed by atoms with Gasteiger partial charge in [-0.15, -0.1) is 0 Å². The predicted molar refractivity (Wildman–Crippen MR) is 77.8 cm³/mol. The van der Waals surface area contributed by atoms with Gasteiger partial charge in [0.25, 0.3) is 0 Å². The molecule has 0 spiro atoms. The molecule has 4 N–H and O–H groups in total. The molecule has 4 unspecified atom stereocenters. The van der Waals surface area contributed by atoms with Crippen LogP contribution in [0.25, 0.3) is 0 Å². The average Bonchev–Trinajstić information content (AvgIpc) is 2.83. The molecule has 0 fully saturated rings. The molecule has 5 nitrogen and oxygen atoms in total. The molecule has 1 aromatic rings. The second kappa shape index (κ2) is 7.22. The topological polar surface area (TPSA) is 90.2 Å². The number of aromatic hydroxyl groups is 1. The molecule has 0 radical (unpaired) electrons. The zero-order valence-corrected chi connectivity index (χ0v) is 12.3. The molecule has 118 valence electrons. The van der Waals surface area contributed by atoms with Gasteiger partial charge in [0.2, 0.25) is 0 Å². The van der Waals surface area contributed by atoms with Gasteiger partial charge in [0.15, 0.2) is 0 Å². The van der Waals surface area contributed by atoms with Crippen molar-refractivity contribution in [2.75, 3.05) is 0 Å². The normalized spacial score (nSPS) is 21.8. The second-order valence-electron chi connectivity index (χ2n) is 5.79. The van der Waals surface area contributed by atoms with Gasteiger partial charge in [-0.25, -0.2) is 0 Å². The summed E-state index contributed by atoms with van der Waals surface area (Å²) >= 11 is 0. The first-order valence-electron chi connectivity index (χ1n) is 7.45. The van der Waals surface area contributed by atoms with Gasteiger partial charge in [-0.2, -0.15) is 0 Å². The predicted octanol–water partition coefficient (Wildman–Crippen LogP) is 1.63. The lowest BCUT2D eigenvalue weighted by atomic mass is 9.96. The van der Waals surface area contributed by atoms with Crippen molar-refractivity contribution in [3.63, 3.8) is 0 Å². The monoisotopic (exact) mass is 296 g/mol. The molecule has 4 atom stereocenters. The molecule has 0 amide bonds. The molecule has 1 aliphatic rings. The third-order valence-corrected chi connectivity index (χ3v) is 3.98. The fourth-order valence-electron chi connectivity index (χ4n) is 2.71. The van der Waals surface area contributed by atoms with E-state index in [4.69, 9.17) is 4.74 Å². The molecule has 0 saturated heterocycles. The van der Waals surface area contributed by atoms with E-state index < -0.39 is 12.2 Å². The lowest BCUT2D eigenvalue weighted by Gasteiger charge is -2.21. The van der Waals surface area contributed by atoms with Crippen LogP contribution < -0.4 is 0 Å². The zero-order chi connectivity index (χ0) is 15.4. The largest absolute Gasteiger partial charge is 0.508 e. The van der Waals surface area contributed by atoms with E-state index in [0.717, 1.165) is 11.1 Å². The average molecular weight is 296 g/mol. The Kier molecular flexibility index (Phi) is 5.58. The fraction of sp³-hybridized carbons (Fsp3) is 0.625. The smallest absolute Gasteiger partial charge is 0.121 e. The van der Waals surface area contributed by atoms with Crippen LogP contribution in [0, 0.1) is 0 Å². The third kappa shape index (κ3) is 4.17. The fourth-order valence-corrected chi connectivity index (χ4v) is 2.71. The summed E-state index contributed by atoms with van der Waals surface area (Å²) in [7, 11) is 0. The maximum absolute atomic E-state index is 10.1. The molecule has 0 bridgehead atoms. The van der Waals surface area contributed by atoms with Crippen molar-refractivity contribution in [1.29, 1.82) is 0 Å². The number of rotatable bonds is 7. The number of aliphatic hydroxyl groups excluding tert-OH is 3. The Bertz CT molecular complexity index is 460. The van der Waals surface area contributed by atoms with Gasteiger partial charge in [-0.3, -0.25) is 0 Å². The zero-order valence-electron chi connectivity index (χ0n) is 12.3. The van der Waals surface area contributed by atoms with Crippen LogP contribution in [0.4, 0.5) is 0 Å². The van der Waals surface area contributed by atoms with Crippen LogP contribution in [0.3, 0.4) is 0 Å². The highest BCUT2D eigenvalue weighted by molar-refractivity contribution is 5.42. The molecule has 1 heterocycles. The van der Waals surface area contributed by atoms with E-state index in [1.165, 1.54) is 0 Å². The number of phenolic OH excluding ortho intramolecular Hbond substituents is 1. The Labute approximate surface area is 124 Å². The second-order valence-corrected chi connectivity index (χ2v) is 5.79. The van der Waals surface area contributed by atoms with Gasteiger partial charge >= 0.3 is 0 Å². The Morgan fingerprint density at radius 3 is 2.67 bits per heavy atom. The first kappa shape index (κ1) is 16.2. The van der Waals surface area contributed by atoms with E-state index in [1.807, 2.05) is 6.07 Å². The van der Waals surface area contributed by atoms with Crippen molar-refractivity contribution in [2.45, 2.75) is 63.6 Å². The molecule has 0 aromatic heterocycles. The quantitative estimate of drug-likeness (QED) is 0.614. The number of hydrogen-bond donors (Lipinski definition) is 4. The summed E-state index contributed by atoms with van der Waals surface area (Å²) < 4.78 is 5.60. The number of ether oxygens (including phenoxy) is 1. The standard InChI is InChI=1S/C16H24O5/c1-10(17)4-2-7-14(19)15(20)8-16-11-5-3-6-13(18)12(11)9-21-16/h3,5-6,10,14-20H,2,4,7-9H2,1H3. The Hall–Kier alpha value is -1.14. The first-order chi connectivity index (χ1) is 9.99. The minimum Gasteiger partial charge on any atom is -0.508 e. The van der Waals surface area contributed by atoms with E-state index in [1.54, 1.807) is 19.1 Å². The van der Waals surface area contributed by atoms with Gasteiger partial charge in [-0.05, 0) is 37.8 Å². The summed E-state index contributed by atoms with van der Waals surface area (Å²) in [6.07, 6.45) is -0.362. The minimum absolute atomic E-state index is 0.210. The Morgan fingerprint density at radius 1 is 1.19 bits per heavy atom. The van der Waals surface area contributed by atoms with Gasteiger partial charge in [0.1, 0.15) is 5.75 Å². The van der Waals surface area contributed by atoms with Crippen LogP contribution in [0.1, 0.15) is 49.8 Å². The number of phenols is 1. The molecular weight excluding hydrogens is 272 g/mol. The van der Waals surface area contributed by atoms with Crippen LogP contribution in [-0.2, 0) is 11.3 Å². The van der Waals surface area contributed by atoms with Crippen LogP contribution in [0.15, 0.2) is 18.2 Å². The van der Waals surface area contributed by atoms with Crippen LogP contribution >= 0.6 is 0 Å². The van der Waals surface area contributed by atoms with Gasteiger partial charge < -0.3 is 25.2 Å². The third-order valence-electron chi connectivity index (χ3n) is 3.98. The molecule has 5 heteroatoms. The van der Waals surface area contributed by atoms with Crippen molar-refractivity contribution < 1.29 is 25.2 Å². The highest BCUT2D eigenvalue weighted by atomic mass is 16.5. The number of fused-ring (bicyclic) bond motifs is 1. The lowest BCUT2D eigenvalue weighted by molar-refractivity contribution is -0.0346. The SMILES string of the molecule is CC(O)CCCC(O)C(O)CC1OCc2c(O)cccc21. The lowest BCUT2D eigenvalue weighted by Crippen LogP contribution is -2.28. The van der Waals surface area contributed by atoms with E-state index in [-0.39, 0.29) is 18.0 Å². The molecule has 1 aromatic carbocycles. The summed E-state index contributed by atoms with van der Waals surface area (Å²) in [5, 5.41) is 39.0. The molecule has 2 rings (SSSR count). The molecule has 21 heavy (non-hydrogen) atoms. The van der Waals surface area contributed by atoms with Crippen molar-refractivity contribution >= 4 is 0 Å². The summed E-state index contributed by atoms with van der Waals surface area (Å²) in [6, 6.07) is 5.24. The number of benzene rings is 1. The van der Waals surface area contributed by atoms with E-state index in [2.05, 4.69) is 0 Å². The molecule has 0 aliphatic carbocycles. The summed E-state index contributed by atoms with van der Waals surface area (Å²) in [4.78, 5) is 0. The van der Waals surface area contributed by atoms with Crippen LogP contribution in [0.2, 0.25) is 0 Å². The van der Waals surface area contributed by atoms with Gasteiger partial charge in [0, 0.05) is 12.0 Å². The molecule has 0 saturated carbocycles. The van der Waals surface area contributed by atoms with Crippen LogP contribution in [-0.4, -0.2) is 38.7 Å². The van der Waals surface area contributed by atoms with Gasteiger partial charge in [0.05, 0.1) is 31.0 Å². The van der Waals surface area contributed by atoms with Crippen LogP contribution in [0.5, 0.6) is 5.75 Å². The minimum atomic E-state index is -0.878. The number of aliphatic hydroxyl groups is 3. The van der Waals surface area contributed by atoms with Crippen molar-refractivity contribution in [2.24, 2.45) is 0 Å². The van der Waals surface area contributed by atoms with E-state index in [0.29, 0.717) is 32.3 Å². The molecular formula is C16H24O5. The summed E-state index contributed by atoms with van der Waals surface area (Å²) in [5.74, 6) is 0.210. The van der Waals surface area contributed by atoms with Gasteiger partial charge in [-0.1, -0.05) is 12.1 Å². The first-order valence-corrected chi connectivity index (χ1v) is 7.45. The highest BCUT2D eigenvalue weighted by Crippen LogP contribution is 2.38. The van der Waals surface area contributed by atoms with E-state index in [9.17, 15) is 20.4 Å². The van der Waals surface area contributed by atoms with Crippen molar-refractivity contribution in [3.05, 3.63) is 29.3 Å². The van der Waals surface area contributed by atoms with Crippen molar-refractivity contribution in [1.82, 2.24) is 0 Å². The Morgan fingerprint density at radius 2 is 1.95 bits per heavy atom. The molecule has 1 aliphatic heterocycles. The summed E-state index contributed by atoms with van der Waals surface area (Å²) in [5.41, 5.74) is 1.64. The highest BCUT2D eigenvalue weighted by Gasteiger charge is 2.29.